The van der Waals surface area contributed by atoms with Crippen LogP contribution in [-0.2, 0) is 13.1 Å². The molecular weight excluding hydrogens is 298 g/mol. The SMILES string of the molecule is Cc1cc(C(=O)Cn2cnc3ccccc32)c(C)n1CCC(C)C. The van der Waals surface area contributed by atoms with Crippen molar-refractivity contribution in [3.05, 3.63) is 53.6 Å². The molecule has 2 aromatic heterocycles. The first kappa shape index (κ1) is 16.5. The summed E-state index contributed by atoms with van der Waals surface area (Å²) in [6, 6.07) is 9.93. The van der Waals surface area contributed by atoms with Gasteiger partial charge in [0.2, 0.25) is 0 Å². The van der Waals surface area contributed by atoms with Gasteiger partial charge in [0.25, 0.3) is 0 Å². The summed E-state index contributed by atoms with van der Waals surface area (Å²) in [5.74, 6) is 0.796. The van der Waals surface area contributed by atoms with Crippen LogP contribution in [-0.4, -0.2) is 19.9 Å². The first-order chi connectivity index (χ1) is 11.5. The van der Waals surface area contributed by atoms with Gasteiger partial charge in [0, 0.05) is 23.5 Å². The number of fused-ring (bicyclic) bond motifs is 1. The molecule has 0 amide bonds. The van der Waals surface area contributed by atoms with Gasteiger partial charge in [-0.1, -0.05) is 26.0 Å². The summed E-state index contributed by atoms with van der Waals surface area (Å²) in [5.41, 5.74) is 4.98. The van der Waals surface area contributed by atoms with Crippen LogP contribution in [0.5, 0.6) is 0 Å². The molecule has 24 heavy (non-hydrogen) atoms. The molecule has 0 saturated heterocycles. The number of benzene rings is 1. The highest BCUT2D eigenvalue weighted by Gasteiger charge is 2.17. The highest BCUT2D eigenvalue weighted by Crippen LogP contribution is 2.19. The van der Waals surface area contributed by atoms with E-state index in [1.165, 1.54) is 0 Å². The van der Waals surface area contributed by atoms with Crippen LogP contribution in [0.4, 0.5) is 0 Å². The van der Waals surface area contributed by atoms with Gasteiger partial charge in [0.05, 0.1) is 23.9 Å². The summed E-state index contributed by atoms with van der Waals surface area (Å²) >= 11 is 0. The van der Waals surface area contributed by atoms with E-state index in [2.05, 4.69) is 30.3 Å². The Bertz CT molecular complexity index is 870. The number of hydrogen-bond donors (Lipinski definition) is 0. The predicted molar refractivity (Wildman–Crippen MR) is 97.4 cm³/mol. The van der Waals surface area contributed by atoms with Gasteiger partial charge in [-0.2, -0.15) is 0 Å². The second kappa shape index (κ2) is 6.63. The number of nitrogens with zero attached hydrogens (tertiary/aromatic N) is 3. The van der Waals surface area contributed by atoms with E-state index in [0.717, 1.165) is 41.0 Å². The number of carbonyl (C=O) groups is 1. The fourth-order valence-corrected chi connectivity index (χ4v) is 3.19. The Morgan fingerprint density at radius 2 is 1.96 bits per heavy atom. The maximum Gasteiger partial charge on any atom is 0.184 e. The van der Waals surface area contributed by atoms with Crippen molar-refractivity contribution >= 4 is 16.8 Å². The molecule has 0 aliphatic carbocycles. The smallest absolute Gasteiger partial charge is 0.184 e. The lowest BCUT2D eigenvalue weighted by atomic mass is 10.1. The van der Waals surface area contributed by atoms with Gasteiger partial charge in [0.15, 0.2) is 5.78 Å². The molecule has 4 heteroatoms. The molecule has 2 heterocycles. The summed E-state index contributed by atoms with van der Waals surface area (Å²) in [5, 5.41) is 0. The number of aryl methyl sites for hydroxylation is 1. The van der Waals surface area contributed by atoms with Crippen molar-refractivity contribution in [2.24, 2.45) is 5.92 Å². The third-order valence-electron chi connectivity index (χ3n) is 4.65. The zero-order valence-corrected chi connectivity index (χ0v) is 14.9. The maximum atomic E-state index is 12.8. The summed E-state index contributed by atoms with van der Waals surface area (Å²) in [6.07, 6.45) is 2.87. The van der Waals surface area contributed by atoms with Crippen molar-refractivity contribution in [2.75, 3.05) is 0 Å². The van der Waals surface area contributed by atoms with E-state index in [1.807, 2.05) is 41.8 Å². The van der Waals surface area contributed by atoms with Crippen molar-refractivity contribution in [3.8, 4) is 0 Å². The summed E-state index contributed by atoms with van der Waals surface area (Å²) in [4.78, 5) is 17.2. The van der Waals surface area contributed by atoms with Crippen LogP contribution < -0.4 is 0 Å². The third-order valence-corrected chi connectivity index (χ3v) is 4.65. The Kier molecular flexibility index (Phi) is 4.56. The van der Waals surface area contributed by atoms with E-state index in [9.17, 15) is 4.79 Å². The minimum atomic E-state index is 0.141. The minimum absolute atomic E-state index is 0.141. The van der Waals surface area contributed by atoms with Crippen molar-refractivity contribution in [3.63, 3.8) is 0 Å². The van der Waals surface area contributed by atoms with Crippen LogP contribution in [0.2, 0.25) is 0 Å². The molecule has 0 spiro atoms. The normalized spacial score (nSPS) is 11.5. The first-order valence-electron chi connectivity index (χ1n) is 8.57. The van der Waals surface area contributed by atoms with Crippen molar-refractivity contribution in [1.29, 1.82) is 0 Å². The lowest BCUT2D eigenvalue weighted by Crippen LogP contribution is -2.11. The van der Waals surface area contributed by atoms with Gasteiger partial charge in [0.1, 0.15) is 0 Å². The zero-order valence-electron chi connectivity index (χ0n) is 14.9. The predicted octanol–water partition coefficient (Wildman–Crippen LogP) is 4.38. The second-order valence-electron chi connectivity index (χ2n) is 6.90. The molecule has 0 bridgehead atoms. The van der Waals surface area contributed by atoms with E-state index < -0.39 is 0 Å². The van der Waals surface area contributed by atoms with Crippen LogP contribution >= 0.6 is 0 Å². The summed E-state index contributed by atoms with van der Waals surface area (Å²) < 4.78 is 4.19. The van der Waals surface area contributed by atoms with Crippen molar-refractivity contribution in [2.45, 2.75) is 47.2 Å². The standard InChI is InChI=1S/C20H25N3O/c1-14(2)9-10-23-15(3)11-17(16(23)4)20(24)12-22-13-21-18-7-5-6-8-19(18)22/h5-8,11,13-14H,9-10,12H2,1-4H3. The molecule has 0 fully saturated rings. The molecule has 0 saturated carbocycles. The van der Waals surface area contributed by atoms with Crippen molar-refractivity contribution < 1.29 is 4.79 Å². The Balaban J connectivity index is 1.84. The highest BCUT2D eigenvalue weighted by atomic mass is 16.1. The van der Waals surface area contributed by atoms with Crippen molar-refractivity contribution in [1.82, 2.24) is 14.1 Å². The van der Waals surface area contributed by atoms with Gasteiger partial charge >= 0.3 is 0 Å². The molecule has 0 aliphatic heterocycles. The molecule has 0 N–H and O–H groups in total. The average Bonchev–Trinajstić information content (AvgIpc) is 3.07. The Labute approximate surface area is 143 Å². The zero-order chi connectivity index (χ0) is 17.3. The summed E-state index contributed by atoms with van der Waals surface area (Å²) in [7, 11) is 0. The fourth-order valence-electron chi connectivity index (χ4n) is 3.19. The van der Waals surface area contributed by atoms with Gasteiger partial charge in [-0.25, -0.2) is 4.98 Å². The summed E-state index contributed by atoms with van der Waals surface area (Å²) in [6.45, 7) is 9.88. The van der Waals surface area contributed by atoms with E-state index in [1.54, 1.807) is 6.33 Å². The second-order valence-corrected chi connectivity index (χ2v) is 6.90. The fraction of sp³-hybridized carbons (Fsp3) is 0.400. The molecule has 3 rings (SSSR count). The molecule has 4 nitrogen and oxygen atoms in total. The molecule has 0 unspecified atom stereocenters. The Morgan fingerprint density at radius 1 is 1.21 bits per heavy atom. The monoisotopic (exact) mass is 323 g/mol. The number of ketones is 1. The van der Waals surface area contributed by atoms with Crippen LogP contribution in [0.3, 0.4) is 0 Å². The lowest BCUT2D eigenvalue weighted by Gasteiger charge is -2.11. The number of imidazole rings is 1. The number of para-hydroxylation sites is 2. The van der Waals surface area contributed by atoms with Crippen LogP contribution in [0.25, 0.3) is 11.0 Å². The number of Topliss-reactive ketones (excluding diaryl/α,β-unsaturated/α-hetero) is 1. The topological polar surface area (TPSA) is 39.8 Å². The molecule has 0 aliphatic rings. The molecule has 0 atom stereocenters. The number of hydrogen-bond acceptors (Lipinski definition) is 2. The van der Waals surface area contributed by atoms with Gasteiger partial charge in [-0.15, -0.1) is 0 Å². The lowest BCUT2D eigenvalue weighted by molar-refractivity contribution is 0.0972. The van der Waals surface area contributed by atoms with Crippen LogP contribution in [0.15, 0.2) is 36.7 Å². The van der Waals surface area contributed by atoms with Crippen LogP contribution in [0, 0.1) is 19.8 Å². The van der Waals surface area contributed by atoms with Gasteiger partial charge in [-0.3, -0.25) is 4.79 Å². The van der Waals surface area contributed by atoms with E-state index >= 15 is 0 Å². The van der Waals surface area contributed by atoms with E-state index in [-0.39, 0.29) is 5.78 Å². The van der Waals surface area contributed by atoms with E-state index in [0.29, 0.717) is 12.5 Å². The molecule has 1 aromatic carbocycles. The maximum absolute atomic E-state index is 12.8. The number of aromatic nitrogens is 3. The number of carbonyl (C=O) groups excluding carboxylic acids is 1. The largest absolute Gasteiger partial charge is 0.348 e. The quantitative estimate of drug-likeness (QED) is 0.631. The van der Waals surface area contributed by atoms with E-state index in [4.69, 9.17) is 0 Å². The number of rotatable bonds is 6. The first-order valence-corrected chi connectivity index (χ1v) is 8.57. The molecular formula is C20H25N3O. The molecule has 3 aromatic rings. The molecule has 0 radical (unpaired) electrons. The third kappa shape index (κ3) is 3.14. The Hall–Kier alpha value is -2.36. The van der Waals surface area contributed by atoms with Gasteiger partial charge < -0.3 is 9.13 Å². The highest BCUT2D eigenvalue weighted by molar-refractivity contribution is 5.98. The van der Waals surface area contributed by atoms with Gasteiger partial charge in [-0.05, 0) is 44.4 Å². The minimum Gasteiger partial charge on any atom is -0.348 e. The average molecular weight is 323 g/mol. The van der Waals surface area contributed by atoms with Crippen LogP contribution in [0.1, 0.15) is 42.0 Å². The Morgan fingerprint density at radius 3 is 2.71 bits per heavy atom. The molecule has 126 valence electrons.